The van der Waals surface area contributed by atoms with Gasteiger partial charge in [-0.05, 0) is 31.2 Å². The SMILES string of the molecule is CCC(=O)N1CCN(C(=O)CCn2cnc3sc4c(c3c2=O)CCCC4)CC1. The third kappa shape index (κ3) is 3.57. The number of piperazine rings is 1. The van der Waals surface area contributed by atoms with Crippen LogP contribution in [0.4, 0.5) is 0 Å². The highest BCUT2D eigenvalue weighted by Crippen LogP contribution is 2.33. The number of amides is 2. The van der Waals surface area contributed by atoms with Crippen LogP contribution in [0.5, 0.6) is 0 Å². The molecule has 2 amide bonds. The van der Waals surface area contributed by atoms with Crippen LogP contribution in [0.3, 0.4) is 0 Å². The summed E-state index contributed by atoms with van der Waals surface area (Å²) in [5.74, 6) is 0.167. The smallest absolute Gasteiger partial charge is 0.262 e. The fraction of sp³-hybridized carbons (Fsp3) is 0.600. The molecule has 4 rings (SSSR count). The minimum atomic E-state index is -0.0180. The Labute approximate surface area is 168 Å². The molecule has 2 aliphatic rings. The van der Waals surface area contributed by atoms with E-state index in [-0.39, 0.29) is 23.8 Å². The molecule has 7 nitrogen and oxygen atoms in total. The van der Waals surface area contributed by atoms with Gasteiger partial charge in [-0.1, -0.05) is 6.92 Å². The van der Waals surface area contributed by atoms with Crippen molar-refractivity contribution in [3.8, 4) is 0 Å². The van der Waals surface area contributed by atoms with Crippen LogP contribution in [-0.4, -0.2) is 57.3 Å². The lowest BCUT2D eigenvalue weighted by atomic mass is 9.97. The van der Waals surface area contributed by atoms with Gasteiger partial charge in [0.25, 0.3) is 5.56 Å². The van der Waals surface area contributed by atoms with Gasteiger partial charge in [-0.2, -0.15) is 0 Å². The molecule has 1 aliphatic heterocycles. The molecule has 2 aromatic rings. The Bertz CT molecular complexity index is 956. The molecule has 0 aromatic carbocycles. The van der Waals surface area contributed by atoms with Gasteiger partial charge in [-0.15, -0.1) is 11.3 Å². The van der Waals surface area contributed by atoms with Crippen LogP contribution in [0.1, 0.15) is 43.0 Å². The normalized spacial score (nSPS) is 17.0. The second-order valence-corrected chi connectivity index (χ2v) is 8.58. The monoisotopic (exact) mass is 402 g/mol. The maximum atomic E-state index is 13.0. The van der Waals surface area contributed by atoms with Crippen molar-refractivity contribution in [1.82, 2.24) is 19.4 Å². The van der Waals surface area contributed by atoms with Crippen molar-refractivity contribution in [3.05, 3.63) is 27.1 Å². The van der Waals surface area contributed by atoms with Gasteiger partial charge >= 0.3 is 0 Å². The average Bonchev–Trinajstić information content (AvgIpc) is 3.12. The summed E-state index contributed by atoms with van der Waals surface area (Å²) in [4.78, 5) is 47.5. The average molecular weight is 403 g/mol. The van der Waals surface area contributed by atoms with E-state index >= 15 is 0 Å². The molecule has 1 saturated heterocycles. The second kappa shape index (κ2) is 8.03. The molecule has 0 atom stereocenters. The van der Waals surface area contributed by atoms with Crippen molar-refractivity contribution in [2.75, 3.05) is 26.2 Å². The summed E-state index contributed by atoms with van der Waals surface area (Å²) in [5, 5.41) is 0.765. The van der Waals surface area contributed by atoms with Crippen molar-refractivity contribution in [1.29, 1.82) is 0 Å². The van der Waals surface area contributed by atoms with Crippen LogP contribution in [0.25, 0.3) is 10.2 Å². The van der Waals surface area contributed by atoms with Crippen molar-refractivity contribution in [2.24, 2.45) is 0 Å². The number of rotatable bonds is 4. The molecular formula is C20H26N4O3S. The molecule has 0 N–H and O–H groups in total. The number of hydrogen-bond donors (Lipinski definition) is 0. The van der Waals surface area contributed by atoms with Crippen LogP contribution in [0.15, 0.2) is 11.1 Å². The Morgan fingerprint density at radius 2 is 1.75 bits per heavy atom. The van der Waals surface area contributed by atoms with Crippen LogP contribution in [0, 0.1) is 0 Å². The number of carbonyl (C=O) groups excluding carboxylic acids is 2. The van der Waals surface area contributed by atoms with Gasteiger partial charge in [-0.3, -0.25) is 19.0 Å². The summed E-state index contributed by atoms with van der Waals surface area (Å²) < 4.78 is 1.58. The Morgan fingerprint density at radius 3 is 2.46 bits per heavy atom. The van der Waals surface area contributed by atoms with Crippen molar-refractivity contribution >= 4 is 33.4 Å². The molecule has 0 spiro atoms. The van der Waals surface area contributed by atoms with Crippen LogP contribution in [0.2, 0.25) is 0 Å². The van der Waals surface area contributed by atoms with E-state index in [1.807, 2.05) is 11.8 Å². The van der Waals surface area contributed by atoms with E-state index in [0.717, 1.165) is 29.5 Å². The van der Waals surface area contributed by atoms with E-state index in [9.17, 15) is 14.4 Å². The van der Waals surface area contributed by atoms with E-state index in [2.05, 4.69) is 4.98 Å². The van der Waals surface area contributed by atoms with Gasteiger partial charge < -0.3 is 9.80 Å². The fourth-order valence-corrected chi connectivity index (χ4v) is 5.36. The van der Waals surface area contributed by atoms with Gasteiger partial charge in [0.15, 0.2) is 0 Å². The summed E-state index contributed by atoms with van der Waals surface area (Å²) in [6.45, 7) is 4.51. The van der Waals surface area contributed by atoms with Gasteiger partial charge in [0.1, 0.15) is 4.83 Å². The molecule has 1 aliphatic carbocycles. The highest BCUT2D eigenvalue weighted by atomic mass is 32.1. The van der Waals surface area contributed by atoms with Gasteiger partial charge in [0.2, 0.25) is 11.8 Å². The first-order valence-electron chi connectivity index (χ1n) is 10.1. The van der Waals surface area contributed by atoms with E-state index in [1.54, 1.807) is 27.1 Å². The maximum Gasteiger partial charge on any atom is 0.262 e. The Morgan fingerprint density at radius 1 is 1.07 bits per heavy atom. The Hall–Kier alpha value is -2.22. The molecule has 0 saturated carbocycles. The third-order valence-electron chi connectivity index (χ3n) is 5.80. The number of carbonyl (C=O) groups is 2. The first-order chi connectivity index (χ1) is 13.6. The number of thiophene rings is 1. The summed E-state index contributed by atoms with van der Waals surface area (Å²) in [7, 11) is 0. The number of aromatic nitrogens is 2. The number of hydrogen-bond acceptors (Lipinski definition) is 5. The second-order valence-electron chi connectivity index (χ2n) is 7.50. The minimum absolute atomic E-state index is 0.0180. The first kappa shape index (κ1) is 19.1. The molecule has 2 aromatic heterocycles. The van der Waals surface area contributed by atoms with Crippen molar-refractivity contribution in [3.63, 3.8) is 0 Å². The van der Waals surface area contributed by atoms with Gasteiger partial charge in [0, 0.05) is 50.4 Å². The molecular weight excluding hydrogens is 376 g/mol. The molecule has 1 fully saturated rings. The molecule has 0 unspecified atom stereocenters. The van der Waals surface area contributed by atoms with E-state index < -0.39 is 0 Å². The summed E-state index contributed by atoms with van der Waals surface area (Å²) >= 11 is 1.64. The van der Waals surface area contributed by atoms with E-state index in [0.29, 0.717) is 39.1 Å². The summed E-state index contributed by atoms with van der Waals surface area (Å²) in [6, 6.07) is 0. The van der Waals surface area contributed by atoms with E-state index in [1.165, 1.54) is 16.9 Å². The predicted octanol–water partition coefficient (Wildman–Crippen LogP) is 1.81. The standard InChI is InChI=1S/C20H26N4O3S/c1-2-16(25)22-9-11-23(12-10-22)17(26)7-8-24-13-21-19-18(20(24)27)14-5-3-4-6-15(14)28-19/h13H,2-12H2,1H3. The lowest BCUT2D eigenvalue weighted by Gasteiger charge is -2.34. The molecule has 150 valence electrons. The lowest BCUT2D eigenvalue weighted by molar-refractivity contribution is -0.139. The van der Waals surface area contributed by atoms with Crippen molar-refractivity contribution < 1.29 is 9.59 Å². The van der Waals surface area contributed by atoms with E-state index in [4.69, 9.17) is 0 Å². The zero-order valence-electron chi connectivity index (χ0n) is 16.3. The van der Waals surface area contributed by atoms with Crippen LogP contribution < -0.4 is 5.56 Å². The zero-order valence-corrected chi connectivity index (χ0v) is 17.1. The number of fused-ring (bicyclic) bond motifs is 3. The summed E-state index contributed by atoms with van der Waals surface area (Å²) in [6.07, 6.45) is 6.66. The zero-order chi connectivity index (χ0) is 19.7. The maximum absolute atomic E-state index is 13.0. The van der Waals surface area contributed by atoms with Crippen LogP contribution >= 0.6 is 11.3 Å². The van der Waals surface area contributed by atoms with Gasteiger partial charge in [0.05, 0.1) is 11.7 Å². The fourth-order valence-electron chi connectivity index (χ4n) is 4.14. The molecule has 0 bridgehead atoms. The summed E-state index contributed by atoms with van der Waals surface area (Å²) in [5.41, 5.74) is 1.16. The molecule has 8 heteroatoms. The molecule has 0 radical (unpaired) electrons. The minimum Gasteiger partial charge on any atom is -0.339 e. The van der Waals surface area contributed by atoms with Crippen molar-refractivity contribution in [2.45, 2.75) is 52.0 Å². The predicted molar refractivity (Wildman–Crippen MR) is 109 cm³/mol. The van der Waals surface area contributed by atoms with Gasteiger partial charge in [-0.25, -0.2) is 4.98 Å². The topological polar surface area (TPSA) is 75.5 Å². The van der Waals surface area contributed by atoms with Crippen LogP contribution in [-0.2, 0) is 29.0 Å². The largest absolute Gasteiger partial charge is 0.339 e. The Balaban J connectivity index is 1.42. The highest BCUT2D eigenvalue weighted by molar-refractivity contribution is 7.18. The molecule has 28 heavy (non-hydrogen) atoms. The third-order valence-corrected chi connectivity index (χ3v) is 7.00. The quantitative estimate of drug-likeness (QED) is 0.782. The number of nitrogens with zero attached hydrogens (tertiary/aromatic N) is 4. The molecule has 3 heterocycles. The lowest BCUT2D eigenvalue weighted by Crippen LogP contribution is -2.50. The first-order valence-corrected chi connectivity index (χ1v) is 11.0. The number of aryl methyl sites for hydroxylation is 3. The Kier molecular flexibility index (Phi) is 5.48. The highest BCUT2D eigenvalue weighted by Gasteiger charge is 2.24.